The number of ether oxygens (including phenoxy) is 4. The van der Waals surface area contributed by atoms with Gasteiger partial charge in [-0.25, -0.2) is 9.59 Å². The van der Waals surface area contributed by atoms with E-state index in [2.05, 4.69) is 0 Å². The fourth-order valence-electron chi connectivity index (χ4n) is 2.07. The molecule has 0 aliphatic rings. The van der Waals surface area contributed by atoms with Gasteiger partial charge in [-0.1, -0.05) is 52.0 Å². The van der Waals surface area contributed by atoms with E-state index in [4.69, 9.17) is 18.9 Å². The number of fused-ring (bicyclic) bond motifs is 1. The van der Waals surface area contributed by atoms with Crippen molar-refractivity contribution in [3.05, 3.63) is 36.4 Å². The largest absolute Gasteiger partial charge is 0.513 e. The molecule has 0 aliphatic carbocycles. The van der Waals surface area contributed by atoms with Crippen LogP contribution >= 0.6 is 0 Å². The maximum absolute atomic E-state index is 11.9. The fourth-order valence-corrected chi connectivity index (χ4v) is 2.07. The Morgan fingerprint density at radius 3 is 1.50 bits per heavy atom. The average Bonchev–Trinajstić information content (AvgIpc) is 2.58. The highest BCUT2D eigenvalue weighted by molar-refractivity contribution is 5.87. The average molecular weight is 360 g/mol. The minimum atomic E-state index is -0.852. The number of carbonyl (C=O) groups excluding carboxylic acids is 2. The molecule has 6 nitrogen and oxygen atoms in total. The van der Waals surface area contributed by atoms with Gasteiger partial charge in [-0.2, -0.15) is 0 Å². The van der Waals surface area contributed by atoms with Crippen molar-refractivity contribution in [2.24, 2.45) is 11.8 Å². The molecule has 0 amide bonds. The first-order chi connectivity index (χ1) is 12.3. The zero-order chi connectivity index (χ0) is 19.1. The normalized spacial score (nSPS) is 10.8. The third-order valence-electron chi connectivity index (χ3n) is 3.27. The van der Waals surface area contributed by atoms with Crippen LogP contribution in [0, 0.1) is 11.8 Å². The predicted molar refractivity (Wildman–Crippen MR) is 97.6 cm³/mol. The van der Waals surface area contributed by atoms with Gasteiger partial charge in [-0.15, -0.1) is 0 Å². The lowest BCUT2D eigenvalue weighted by Gasteiger charge is -2.13. The van der Waals surface area contributed by atoms with Crippen LogP contribution in [0.2, 0.25) is 0 Å². The topological polar surface area (TPSA) is 71.1 Å². The van der Waals surface area contributed by atoms with Gasteiger partial charge in [-0.3, -0.25) is 0 Å². The van der Waals surface area contributed by atoms with Crippen LogP contribution in [-0.4, -0.2) is 25.5 Å². The van der Waals surface area contributed by atoms with Gasteiger partial charge in [0, 0.05) is 0 Å². The van der Waals surface area contributed by atoms with Gasteiger partial charge in [0.25, 0.3) is 0 Å². The van der Waals surface area contributed by atoms with Crippen molar-refractivity contribution in [1.82, 2.24) is 0 Å². The van der Waals surface area contributed by atoms with Crippen LogP contribution < -0.4 is 9.47 Å². The molecular formula is C20H24O6. The SMILES string of the molecule is CC(C)COC(=O)Oc1cc2ccccc2cc1OC(=O)OCC(C)C. The van der Waals surface area contributed by atoms with Gasteiger partial charge in [0.15, 0.2) is 11.5 Å². The molecule has 0 saturated heterocycles. The van der Waals surface area contributed by atoms with Crippen molar-refractivity contribution < 1.29 is 28.5 Å². The lowest BCUT2D eigenvalue weighted by atomic mass is 10.1. The van der Waals surface area contributed by atoms with Crippen LogP contribution in [0.4, 0.5) is 9.59 Å². The molecule has 0 aromatic heterocycles. The molecule has 0 unspecified atom stereocenters. The van der Waals surface area contributed by atoms with E-state index in [1.165, 1.54) is 0 Å². The van der Waals surface area contributed by atoms with E-state index in [0.717, 1.165) is 10.8 Å². The summed E-state index contributed by atoms with van der Waals surface area (Å²) in [7, 11) is 0. The molecule has 0 atom stereocenters. The summed E-state index contributed by atoms with van der Waals surface area (Å²) in [5.41, 5.74) is 0. The molecule has 0 radical (unpaired) electrons. The number of hydrogen-bond donors (Lipinski definition) is 0. The molecule has 140 valence electrons. The minimum absolute atomic E-state index is 0.0963. The zero-order valence-electron chi connectivity index (χ0n) is 15.5. The van der Waals surface area contributed by atoms with E-state index < -0.39 is 12.3 Å². The summed E-state index contributed by atoms with van der Waals surface area (Å²) in [5.74, 6) is 0.555. The number of rotatable bonds is 6. The Balaban J connectivity index is 2.21. The van der Waals surface area contributed by atoms with Gasteiger partial charge in [0.2, 0.25) is 0 Å². The van der Waals surface area contributed by atoms with Crippen LogP contribution in [-0.2, 0) is 9.47 Å². The first kappa shape index (κ1) is 19.6. The molecule has 2 aromatic rings. The molecule has 6 heteroatoms. The molecule has 0 bridgehead atoms. The van der Waals surface area contributed by atoms with Crippen LogP contribution in [0.1, 0.15) is 27.7 Å². The summed E-state index contributed by atoms with van der Waals surface area (Å²) in [6.45, 7) is 8.15. The second-order valence-corrected chi connectivity index (χ2v) is 6.76. The molecule has 0 N–H and O–H groups in total. The van der Waals surface area contributed by atoms with Crippen LogP contribution in [0.5, 0.6) is 11.5 Å². The maximum atomic E-state index is 11.9. The van der Waals surface area contributed by atoms with Crippen molar-refractivity contribution in [3.8, 4) is 11.5 Å². The zero-order valence-corrected chi connectivity index (χ0v) is 15.5. The van der Waals surface area contributed by atoms with Gasteiger partial charge in [-0.05, 0) is 34.7 Å². The first-order valence-corrected chi connectivity index (χ1v) is 8.57. The molecule has 2 rings (SSSR count). The van der Waals surface area contributed by atoms with E-state index in [9.17, 15) is 9.59 Å². The molecule has 2 aromatic carbocycles. The summed E-state index contributed by atoms with van der Waals surface area (Å²) in [4.78, 5) is 23.8. The Kier molecular flexibility index (Phi) is 6.83. The summed E-state index contributed by atoms with van der Waals surface area (Å²) >= 11 is 0. The quantitative estimate of drug-likeness (QED) is 0.522. The molecular weight excluding hydrogens is 336 g/mol. The Hall–Kier alpha value is -2.76. The van der Waals surface area contributed by atoms with E-state index in [0.29, 0.717) is 0 Å². The predicted octanol–water partition coefficient (Wildman–Crippen LogP) is 5.18. The smallest absolute Gasteiger partial charge is 0.434 e. The van der Waals surface area contributed by atoms with Crippen LogP contribution in [0.15, 0.2) is 36.4 Å². The van der Waals surface area contributed by atoms with Crippen molar-refractivity contribution >= 4 is 23.1 Å². The van der Waals surface area contributed by atoms with E-state index in [1.54, 1.807) is 12.1 Å². The second-order valence-electron chi connectivity index (χ2n) is 6.76. The van der Waals surface area contributed by atoms with Crippen LogP contribution in [0.3, 0.4) is 0 Å². The van der Waals surface area contributed by atoms with Gasteiger partial charge < -0.3 is 18.9 Å². The molecule has 26 heavy (non-hydrogen) atoms. The third-order valence-corrected chi connectivity index (χ3v) is 3.27. The highest BCUT2D eigenvalue weighted by Crippen LogP contribution is 2.33. The number of hydrogen-bond acceptors (Lipinski definition) is 6. The Morgan fingerprint density at radius 1 is 0.769 bits per heavy atom. The standard InChI is InChI=1S/C20H24O6/c1-13(2)11-23-19(21)25-17-9-15-7-5-6-8-16(15)10-18(17)26-20(22)24-12-14(3)4/h5-10,13-14H,11-12H2,1-4H3. The van der Waals surface area contributed by atoms with Gasteiger partial charge in [0.05, 0.1) is 13.2 Å². The monoisotopic (exact) mass is 360 g/mol. The van der Waals surface area contributed by atoms with Gasteiger partial charge >= 0.3 is 12.3 Å². The maximum Gasteiger partial charge on any atom is 0.513 e. The number of carbonyl (C=O) groups is 2. The minimum Gasteiger partial charge on any atom is -0.434 e. The fraction of sp³-hybridized carbons (Fsp3) is 0.400. The lowest BCUT2D eigenvalue weighted by molar-refractivity contribution is 0.0796. The second kappa shape index (κ2) is 9.08. The summed E-state index contributed by atoms with van der Waals surface area (Å²) in [6, 6.07) is 10.7. The molecule has 0 spiro atoms. The highest BCUT2D eigenvalue weighted by atomic mass is 16.7. The Labute approximate surface area is 153 Å². The molecule has 0 fully saturated rings. The lowest BCUT2D eigenvalue weighted by Crippen LogP contribution is -2.17. The van der Waals surface area contributed by atoms with E-state index in [-0.39, 0.29) is 36.5 Å². The third kappa shape index (κ3) is 5.95. The first-order valence-electron chi connectivity index (χ1n) is 8.57. The van der Waals surface area contributed by atoms with E-state index in [1.807, 2.05) is 52.0 Å². The molecule has 0 heterocycles. The van der Waals surface area contributed by atoms with Crippen molar-refractivity contribution in [1.29, 1.82) is 0 Å². The van der Waals surface area contributed by atoms with Crippen molar-refractivity contribution in [3.63, 3.8) is 0 Å². The van der Waals surface area contributed by atoms with Gasteiger partial charge in [0.1, 0.15) is 0 Å². The Morgan fingerprint density at radius 2 is 1.15 bits per heavy atom. The summed E-state index contributed by atoms with van der Waals surface area (Å²) in [6.07, 6.45) is -1.70. The highest BCUT2D eigenvalue weighted by Gasteiger charge is 2.17. The van der Waals surface area contributed by atoms with Crippen LogP contribution in [0.25, 0.3) is 10.8 Å². The molecule has 0 aliphatic heterocycles. The number of benzene rings is 2. The summed E-state index contributed by atoms with van der Waals surface area (Å²) in [5, 5.41) is 1.67. The molecule has 0 saturated carbocycles. The summed E-state index contributed by atoms with van der Waals surface area (Å²) < 4.78 is 20.5. The van der Waals surface area contributed by atoms with Crippen molar-refractivity contribution in [2.45, 2.75) is 27.7 Å². The van der Waals surface area contributed by atoms with E-state index >= 15 is 0 Å². The van der Waals surface area contributed by atoms with Crippen molar-refractivity contribution in [2.75, 3.05) is 13.2 Å². The Bertz CT molecular complexity index is 701.